The predicted octanol–water partition coefficient (Wildman–Crippen LogP) is 3.42. The molecule has 2 nitrogen and oxygen atoms in total. The lowest BCUT2D eigenvalue weighted by Crippen LogP contribution is -2.61. The smallest absolute Gasteiger partial charge is 0.123 e. The molecule has 1 aromatic rings. The van der Waals surface area contributed by atoms with Crippen LogP contribution in [0.15, 0.2) is 24.3 Å². The predicted molar refractivity (Wildman–Crippen MR) is 82.1 cm³/mol. The van der Waals surface area contributed by atoms with Crippen molar-refractivity contribution < 1.29 is 4.39 Å². The van der Waals surface area contributed by atoms with Gasteiger partial charge in [-0.15, -0.1) is 0 Å². The molecule has 0 amide bonds. The molecule has 1 aromatic carbocycles. The number of rotatable bonds is 4. The quantitative estimate of drug-likeness (QED) is 0.908. The Bertz CT molecular complexity index is 442. The van der Waals surface area contributed by atoms with Crippen LogP contribution in [-0.2, 0) is 6.54 Å². The summed E-state index contributed by atoms with van der Waals surface area (Å²) in [5.41, 5.74) is 1.19. The zero-order valence-electron chi connectivity index (χ0n) is 13.1. The Morgan fingerprint density at radius 2 is 2.15 bits per heavy atom. The second-order valence-corrected chi connectivity index (χ2v) is 7.08. The minimum Gasteiger partial charge on any atom is -0.309 e. The Kier molecular flexibility index (Phi) is 4.82. The summed E-state index contributed by atoms with van der Waals surface area (Å²) >= 11 is 0. The molecule has 1 heterocycles. The monoisotopic (exact) mass is 278 g/mol. The highest BCUT2D eigenvalue weighted by Gasteiger charge is 2.32. The number of piperazine rings is 1. The molecule has 1 atom stereocenters. The van der Waals surface area contributed by atoms with E-state index >= 15 is 0 Å². The van der Waals surface area contributed by atoms with Gasteiger partial charge in [0.15, 0.2) is 0 Å². The van der Waals surface area contributed by atoms with Crippen LogP contribution in [0.25, 0.3) is 0 Å². The normalized spacial score (nSPS) is 23.2. The summed E-state index contributed by atoms with van der Waals surface area (Å²) in [5, 5.41) is 3.63. The molecule has 20 heavy (non-hydrogen) atoms. The zero-order valence-corrected chi connectivity index (χ0v) is 13.1. The third kappa shape index (κ3) is 4.29. The van der Waals surface area contributed by atoms with Crippen molar-refractivity contribution in [3.05, 3.63) is 35.6 Å². The summed E-state index contributed by atoms with van der Waals surface area (Å²) in [5.74, 6) is 0.537. The number of halogens is 1. The topological polar surface area (TPSA) is 15.3 Å². The van der Waals surface area contributed by atoms with Gasteiger partial charge < -0.3 is 5.32 Å². The first-order valence-electron chi connectivity index (χ1n) is 7.59. The second-order valence-electron chi connectivity index (χ2n) is 7.08. The van der Waals surface area contributed by atoms with Crippen molar-refractivity contribution in [3.8, 4) is 0 Å². The van der Waals surface area contributed by atoms with E-state index < -0.39 is 0 Å². The summed E-state index contributed by atoms with van der Waals surface area (Å²) in [4.78, 5) is 2.51. The molecule has 1 unspecified atom stereocenters. The minimum atomic E-state index is -0.141. The molecule has 0 bridgehead atoms. The maximum atomic E-state index is 13.3. The standard InChI is InChI=1S/C17H27FN2/c1-13(2)8-16-10-19-17(3,4)12-20(16)11-14-6-5-7-15(18)9-14/h5-7,9,13,16,19H,8,10-12H2,1-4H3. The van der Waals surface area contributed by atoms with Gasteiger partial charge in [-0.1, -0.05) is 26.0 Å². The first-order chi connectivity index (χ1) is 9.35. The molecule has 1 aliphatic heterocycles. The first kappa shape index (κ1) is 15.5. The van der Waals surface area contributed by atoms with Crippen molar-refractivity contribution in [2.24, 2.45) is 5.92 Å². The molecule has 1 saturated heterocycles. The maximum Gasteiger partial charge on any atom is 0.123 e. The van der Waals surface area contributed by atoms with Crippen LogP contribution in [0.5, 0.6) is 0 Å². The fourth-order valence-corrected chi connectivity index (χ4v) is 3.05. The zero-order chi connectivity index (χ0) is 14.8. The van der Waals surface area contributed by atoms with Gasteiger partial charge in [-0.3, -0.25) is 4.90 Å². The van der Waals surface area contributed by atoms with Crippen molar-refractivity contribution in [2.45, 2.75) is 52.2 Å². The van der Waals surface area contributed by atoms with Crippen molar-refractivity contribution in [1.82, 2.24) is 10.2 Å². The van der Waals surface area contributed by atoms with Gasteiger partial charge in [-0.05, 0) is 43.9 Å². The average molecular weight is 278 g/mol. The molecule has 1 fully saturated rings. The van der Waals surface area contributed by atoms with Crippen molar-refractivity contribution in [1.29, 1.82) is 0 Å². The van der Waals surface area contributed by atoms with Crippen molar-refractivity contribution in [2.75, 3.05) is 13.1 Å². The van der Waals surface area contributed by atoms with Crippen LogP contribution in [0.2, 0.25) is 0 Å². The highest BCUT2D eigenvalue weighted by atomic mass is 19.1. The first-order valence-corrected chi connectivity index (χ1v) is 7.59. The Morgan fingerprint density at radius 3 is 2.80 bits per heavy atom. The van der Waals surface area contributed by atoms with Gasteiger partial charge in [0.2, 0.25) is 0 Å². The molecular formula is C17H27FN2. The van der Waals surface area contributed by atoms with Gasteiger partial charge in [0.05, 0.1) is 0 Å². The van der Waals surface area contributed by atoms with Crippen LogP contribution < -0.4 is 5.32 Å². The molecule has 0 spiro atoms. The fourth-order valence-electron chi connectivity index (χ4n) is 3.05. The molecule has 2 rings (SSSR count). The molecular weight excluding hydrogens is 251 g/mol. The highest BCUT2D eigenvalue weighted by Crippen LogP contribution is 2.22. The van der Waals surface area contributed by atoms with Gasteiger partial charge in [-0.25, -0.2) is 4.39 Å². The van der Waals surface area contributed by atoms with E-state index in [0.717, 1.165) is 25.2 Å². The molecule has 112 valence electrons. The molecule has 0 aromatic heterocycles. The van der Waals surface area contributed by atoms with E-state index in [9.17, 15) is 4.39 Å². The third-order valence-electron chi connectivity index (χ3n) is 3.95. The van der Waals surface area contributed by atoms with E-state index in [-0.39, 0.29) is 11.4 Å². The number of nitrogens with zero attached hydrogens (tertiary/aromatic N) is 1. The number of nitrogens with one attached hydrogen (secondary N) is 1. The van der Waals surface area contributed by atoms with E-state index in [1.165, 1.54) is 12.5 Å². The van der Waals surface area contributed by atoms with Crippen LogP contribution in [0.4, 0.5) is 4.39 Å². The van der Waals surface area contributed by atoms with E-state index in [0.29, 0.717) is 12.0 Å². The van der Waals surface area contributed by atoms with Crippen LogP contribution >= 0.6 is 0 Å². The SMILES string of the molecule is CC(C)CC1CNC(C)(C)CN1Cc1cccc(F)c1. The molecule has 1 aliphatic rings. The Balaban J connectivity index is 2.10. The summed E-state index contributed by atoms with van der Waals surface area (Å²) < 4.78 is 13.3. The molecule has 1 N–H and O–H groups in total. The van der Waals surface area contributed by atoms with Crippen LogP contribution in [0.3, 0.4) is 0 Å². The Hall–Kier alpha value is -0.930. The van der Waals surface area contributed by atoms with Gasteiger partial charge in [0, 0.05) is 31.2 Å². The number of benzene rings is 1. The van der Waals surface area contributed by atoms with Gasteiger partial charge >= 0.3 is 0 Å². The summed E-state index contributed by atoms with van der Waals surface area (Å²) in [6.45, 7) is 11.8. The lowest BCUT2D eigenvalue weighted by atomic mass is 9.93. The van der Waals surface area contributed by atoms with E-state index in [4.69, 9.17) is 0 Å². The largest absolute Gasteiger partial charge is 0.309 e. The summed E-state index contributed by atoms with van der Waals surface area (Å²) in [6, 6.07) is 7.52. The van der Waals surface area contributed by atoms with Gasteiger partial charge in [-0.2, -0.15) is 0 Å². The van der Waals surface area contributed by atoms with Crippen molar-refractivity contribution >= 4 is 0 Å². The Labute approximate surface area is 122 Å². The molecule has 3 heteroatoms. The Morgan fingerprint density at radius 1 is 1.40 bits per heavy atom. The highest BCUT2D eigenvalue weighted by molar-refractivity contribution is 5.16. The van der Waals surface area contributed by atoms with E-state index in [2.05, 4.69) is 37.9 Å². The maximum absolute atomic E-state index is 13.3. The van der Waals surface area contributed by atoms with Crippen molar-refractivity contribution in [3.63, 3.8) is 0 Å². The van der Waals surface area contributed by atoms with Crippen LogP contribution in [-0.4, -0.2) is 29.6 Å². The fraction of sp³-hybridized carbons (Fsp3) is 0.647. The second kappa shape index (κ2) is 6.23. The van der Waals surface area contributed by atoms with Crippen LogP contribution in [0.1, 0.15) is 39.7 Å². The minimum absolute atomic E-state index is 0.126. The lowest BCUT2D eigenvalue weighted by Gasteiger charge is -2.45. The summed E-state index contributed by atoms with van der Waals surface area (Å²) in [6.07, 6.45) is 1.18. The number of hydrogen-bond donors (Lipinski definition) is 1. The number of hydrogen-bond acceptors (Lipinski definition) is 2. The summed E-state index contributed by atoms with van der Waals surface area (Å²) in [7, 11) is 0. The van der Waals surface area contributed by atoms with Crippen LogP contribution in [0, 0.1) is 11.7 Å². The molecule has 0 radical (unpaired) electrons. The molecule has 0 aliphatic carbocycles. The van der Waals surface area contributed by atoms with Gasteiger partial charge in [0.1, 0.15) is 5.82 Å². The lowest BCUT2D eigenvalue weighted by molar-refractivity contribution is 0.0759. The average Bonchev–Trinajstić information content (AvgIpc) is 2.32. The van der Waals surface area contributed by atoms with E-state index in [1.54, 1.807) is 12.1 Å². The van der Waals surface area contributed by atoms with E-state index in [1.807, 2.05) is 6.07 Å². The third-order valence-corrected chi connectivity index (χ3v) is 3.95. The molecule has 0 saturated carbocycles. The van der Waals surface area contributed by atoms with Gasteiger partial charge in [0.25, 0.3) is 0 Å².